The molecular weight excluding hydrogens is 543 g/mol. The number of rotatable bonds is 5. The Balaban J connectivity index is 0.00000200. The van der Waals surface area contributed by atoms with Crippen LogP contribution >= 0.6 is 36.4 Å². The number of aliphatic imine (C=N–C) groups is 1. The number of anilines is 1. The molecule has 1 fully saturated rings. The number of benzene rings is 3. The number of benzodiazepines with no additional fused rings is 1. The Hall–Kier alpha value is -2.90. The minimum Gasteiger partial charge on any atom is -0.326 e. The highest BCUT2D eigenvalue weighted by atomic mass is 35.5. The average molecular weight is 574 g/mol. The summed E-state index contributed by atoms with van der Waals surface area (Å²) < 4.78 is 0. The summed E-state index contributed by atoms with van der Waals surface area (Å²) in [4.78, 5) is 34.0. The van der Waals surface area contributed by atoms with E-state index in [2.05, 4.69) is 10.6 Å². The summed E-state index contributed by atoms with van der Waals surface area (Å²) in [5.74, 6) is -0.412. The topological polar surface area (TPSA) is 73.8 Å². The third kappa shape index (κ3) is 6.05. The molecule has 3 aromatic rings. The molecule has 2 N–H and O–H groups in total. The Bertz CT molecular complexity index is 1290. The molecule has 1 atom stereocenters. The Labute approximate surface area is 240 Å². The van der Waals surface area contributed by atoms with Gasteiger partial charge in [-0.05, 0) is 56.1 Å². The average Bonchev–Trinajstić information content (AvgIpc) is 3.02. The molecular formula is C29H31Cl3N4O2. The maximum absolute atomic E-state index is 13.9. The number of piperidine rings is 1. The van der Waals surface area contributed by atoms with Crippen molar-refractivity contribution in [2.45, 2.75) is 25.4 Å². The van der Waals surface area contributed by atoms with Gasteiger partial charge in [0.1, 0.15) is 0 Å². The second kappa shape index (κ2) is 12.8. The first-order valence-electron chi connectivity index (χ1n) is 12.2. The van der Waals surface area contributed by atoms with Crippen molar-refractivity contribution in [3.8, 4) is 0 Å². The second-order valence-corrected chi connectivity index (χ2v) is 9.90. The van der Waals surface area contributed by atoms with Gasteiger partial charge in [-0.2, -0.15) is 0 Å². The molecule has 5 rings (SSSR count). The Morgan fingerprint density at radius 1 is 1.00 bits per heavy atom. The Morgan fingerprint density at radius 2 is 1.63 bits per heavy atom. The molecule has 3 aromatic carbocycles. The summed E-state index contributed by atoms with van der Waals surface area (Å²) in [5, 5.41) is 7.06. The number of halogens is 3. The van der Waals surface area contributed by atoms with Gasteiger partial charge in [-0.25, -0.2) is 4.99 Å². The number of likely N-dealkylation sites (N-methyl/N-ethyl adjacent to an activating group) is 1. The van der Waals surface area contributed by atoms with Gasteiger partial charge < -0.3 is 15.5 Å². The lowest BCUT2D eigenvalue weighted by Gasteiger charge is -2.37. The highest BCUT2D eigenvalue weighted by Crippen LogP contribution is 2.34. The van der Waals surface area contributed by atoms with Crippen molar-refractivity contribution >= 4 is 59.6 Å². The summed E-state index contributed by atoms with van der Waals surface area (Å²) >= 11 is 6.08. The quantitative estimate of drug-likeness (QED) is 0.449. The maximum Gasteiger partial charge on any atom is 0.272 e. The van der Waals surface area contributed by atoms with Gasteiger partial charge in [0.15, 0.2) is 0 Å². The van der Waals surface area contributed by atoms with Crippen molar-refractivity contribution in [3.63, 3.8) is 0 Å². The molecule has 200 valence electrons. The van der Waals surface area contributed by atoms with Crippen LogP contribution < -0.4 is 15.5 Å². The molecule has 0 aromatic heterocycles. The smallest absolute Gasteiger partial charge is 0.272 e. The van der Waals surface area contributed by atoms with E-state index in [-0.39, 0.29) is 36.6 Å². The van der Waals surface area contributed by atoms with Gasteiger partial charge in [-0.3, -0.25) is 9.59 Å². The first-order chi connectivity index (χ1) is 17.5. The Morgan fingerprint density at radius 3 is 2.32 bits per heavy atom. The molecule has 0 spiro atoms. The number of fused-ring (bicyclic) bond motifs is 1. The number of amides is 2. The highest BCUT2D eigenvalue weighted by Gasteiger charge is 2.42. The van der Waals surface area contributed by atoms with Gasteiger partial charge in [0.2, 0.25) is 12.1 Å². The van der Waals surface area contributed by atoms with E-state index >= 15 is 0 Å². The zero-order chi connectivity index (χ0) is 25.1. The highest BCUT2D eigenvalue weighted by molar-refractivity contribution is 6.30. The van der Waals surface area contributed by atoms with E-state index in [4.69, 9.17) is 16.6 Å². The van der Waals surface area contributed by atoms with Gasteiger partial charge >= 0.3 is 0 Å². The van der Waals surface area contributed by atoms with Crippen molar-refractivity contribution in [2.75, 3.05) is 25.0 Å². The first kappa shape index (κ1) is 29.7. The molecule has 2 aliphatic rings. The maximum atomic E-state index is 13.9. The van der Waals surface area contributed by atoms with Gasteiger partial charge in [-0.15, -0.1) is 24.8 Å². The summed E-state index contributed by atoms with van der Waals surface area (Å²) in [7, 11) is 1.73. The normalized spacial score (nSPS) is 18.2. The largest absolute Gasteiger partial charge is 0.326 e. The molecule has 2 aliphatic heterocycles. The van der Waals surface area contributed by atoms with E-state index in [1.54, 1.807) is 11.9 Å². The van der Waals surface area contributed by atoms with Crippen molar-refractivity contribution in [1.29, 1.82) is 0 Å². The van der Waals surface area contributed by atoms with Crippen LogP contribution in [0.3, 0.4) is 0 Å². The van der Waals surface area contributed by atoms with E-state index in [1.165, 1.54) is 0 Å². The van der Waals surface area contributed by atoms with Gasteiger partial charge in [0, 0.05) is 23.2 Å². The second-order valence-electron chi connectivity index (χ2n) is 9.47. The summed E-state index contributed by atoms with van der Waals surface area (Å²) in [6.45, 7) is 1.48. The number of para-hydroxylation sites is 1. The van der Waals surface area contributed by atoms with Crippen molar-refractivity contribution in [3.05, 3.63) is 101 Å². The summed E-state index contributed by atoms with van der Waals surface area (Å²) in [6, 6.07) is 25.1. The Kier molecular flexibility index (Phi) is 9.96. The number of hydrogen-bond donors (Lipinski definition) is 2. The van der Waals surface area contributed by atoms with Crippen LogP contribution in [-0.4, -0.2) is 43.8 Å². The minimum absolute atomic E-state index is 0. The molecule has 0 aliphatic carbocycles. The first-order valence-corrected chi connectivity index (χ1v) is 12.6. The van der Waals surface area contributed by atoms with Crippen molar-refractivity contribution < 1.29 is 9.59 Å². The number of carbonyl (C=O) groups excluding carboxylic acids is 2. The van der Waals surface area contributed by atoms with Crippen LogP contribution in [0.2, 0.25) is 5.02 Å². The number of nitrogens with zero attached hydrogens (tertiary/aromatic N) is 2. The monoisotopic (exact) mass is 572 g/mol. The predicted octanol–water partition coefficient (Wildman–Crippen LogP) is 5.05. The minimum atomic E-state index is -1.03. The standard InChI is InChI=1S/C29H29ClN4O2.2ClH/c1-34-24-10-6-5-9-23(24)25(21-7-3-2-4-8-21)32-26(27(34)35)33-28(36)29(15-17-31-18-16-29)19-20-11-13-22(30)14-12-20;;/h2-14,26,31H,15-19H2,1H3,(H,33,36);2*1H. The van der Waals surface area contributed by atoms with E-state index in [0.717, 1.165) is 35.5 Å². The van der Waals surface area contributed by atoms with E-state index in [9.17, 15) is 9.59 Å². The van der Waals surface area contributed by atoms with Crippen LogP contribution in [-0.2, 0) is 16.0 Å². The van der Waals surface area contributed by atoms with E-state index in [1.807, 2.05) is 78.9 Å². The fourth-order valence-corrected chi connectivity index (χ4v) is 5.23. The third-order valence-electron chi connectivity index (χ3n) is 7.16. The lowest BCUT2D eigenvalue weighted by molar-refractivity contribution is -0.135. The molecule has 1 saturated heterocycles. The van der Waals surface area contributed by atoms with Crippen LogP contribution in [0.15, 0.2) is 83.9 Å². The third-order valence-corrected chi connectivity index (χ3v) is 7.41. The van der Waals surface area contributed by atoms with Crippen LogP contribution in [0.5, 0.6) is 0 Å². The molecule has 6 nitrogen and oxygen atoms in total. The molecule has 9 heteroatoms. The zero-order valence-electron chi connectivity index (χ0n) is 21.0. The van der Waals surface area contributed by atoms with E-state index < -0.39 is 11.6 Å². The number of hydrogen-bond acceptors (Lipinski definition) is 4. The fraction of sp³-hybridized carbons (Fsp3) is 0.276. The van der Waals surface area contributed by atoms with Gasteiger partial charge in [0.05, 0.1) is 16.8 Å². The molecule has 0 saturated carbocycles. The molecule has 1 unspecified atom stereocenters. The fourth-order valence-electron chi connectivity index (χ4n) is 5.10. The van der Waals surface area contributed by atoms with Crippen LogP contribution in [0.4, 0.5) is 5.69 Å². The summed E-state index contributed by atoms with van der Waals surface area (Å²) in [5.41, 5.74) is 3.60. The summed E-state index contributed by atoms with van der Waals surface area (Å²) in [6.07, 6.45) is 0.896. The number of carbonyl (C=O) groups is 2. The van der Waals surface area contributed by atoms with Crippen molar-refractivity contribution in [2.24, 2.45) is 10.4 Å². The van der Waals surface area contributed by atoms with Crippen LogP contribution in [0, 0.1) is 5.41 Å². The molecule has 0 radical (unpaired) electrons. The molecule has 0 bridgehead atoms. The van der Waals surface area contributed by atoms with Crippen LogP contribution in [0.25, 0.3) is 0 Å². The lowest BCUT2D eigenvalue weighted by Crippen LogP contribution is -2.54. The van der Waals surface area contributed by atoms with Crippen molar-refractivity contribution in [1.82, 2.24) is 10.6 Å². The van der Waals surface area contributed by atoms with E-state index in [0.29, 0.717) is 30.0 Å². The molecule has 38 heavy (non-hydrogen) atoms. The van der Waals surface area contributed by atoms with Gasteiger partial charge in [-0.1, -0.05) is 72.3 Å². The van der Waals surface area contributed by atoms with Gasteiger partial charge in [0.25, 0.3) is 5.91 Å². The lowest BCUT2D eigenvalue weighted by atomic mass is 9.73. The predicted molar refractivity (Wildman–Crippen MR) is 158 cm³/mol. The molecule has 2 amide bonds. The van der Waals surface area contributed by atoms with Crippen LogP contribution in [0.1, 0.15) is 29.5 Å². The number of nitrogens with one attached hydrogen (secondary N) is 2. The molecule has 2 heterocycles. The SMILES string of the molecule is CN1C(=O)C(NC(=O)C2(Cc3ccc(Cl)cc3)CCNCC2)N=C(c2ccccc2)c2ccccc21.Cl.Cl. The zero-order valence-corrected chi connectivity index (χ0v) is 23.4.